The zero-order valence-corrected chi connectivity index (χ0v) is 18.8. The first-order chi connectivity index (χ1) is 16.5. The van der Waals surface area contributed by atoms with Crippen molar-refractivity contribution >= 4 is 11.0 Å². The van der Waals surface area contributed by atoms with Crippen molar-refractivity contribution in [1.29, 1.82) is 5.26 Å². The number of nitriles is 1. The second kappa shape index (κ2) is 8.75. The molecular formula is C27H22N6O. The summed E-state index contributed by atoms with van der Waals surface area (Å²) >= 11 is 0. The normalized spacial score (nSPS) is 11.1. The van der Waals surface area contributed by atoms with Crippen LogP contribution >= 0.6 is 0 Å². The van der Waals surface area contributed by atoms with E-state index in [0.717, 1.165) is 32.6 Å². The third kappa shape index (κ3) is 3.97. The predicted octanol–water partition coefficient (Wildman–Crippen LogP) is 5.38. The van der Waals surface area contributed by atoms with E-state index in [4.69, 9.17) is 15.2 Å². The molecule has 0 radical (unpaired) electrons. The van der Waals surface area contributed by atoms with E-state index in [9.17, 15) is 5.21 Å². The summed E-state index contributed by atoms with van der Waals surface area (Å²) in [5, 5.41) is 20.3. The average Bonchev–Trinajstić information content (AvgIpc) is 3.20. The molecule has 0 bridgehead atoms. The molecular weight excluding hydrogens is 424 g/mol. The Hall–Kier alpha value is -4.57. The summed E-state index contributed by atoms with van der Waals surface area (Å²) < 4.78 is 1.13. The maximum atomic E-state index is 11.3. The highest BCUT2D eigenvalue weighted by molar-refractivity contribution is 5.84. The molecule has 0 atom stereocenters. The Morgan fingerprint density at radius 3 is 2.44 bits per heavy atom. The Bertz CT molecular complexity index is 1530. The minimum Gasteiger partial charge on any atom is -0.427 e. The quantitative estimate of drug-likeness (QED) is 0.364. The Morgan fingerprint density at radius 2 is 1.71 bits per heavy atom. The number of pyridine rings is 1. The number of nitrogens with zero attached hydrogens (tertiary/aromatic N) is 6. The van der Waals surface area contributed by atoms with Gasteiger partial charge in [0.25, 0.3) is 0 Å². The third-order valence-electron chi connectivity index (χ3n) is 5.71. The van der Waals surface area contributed by atoms with Gasteiger partial charge in [0.2, 0.25) is 0 Å². The van der Waals surface area contributed by atoms with Crippen LogP contribution < -0.4 is 0 Å². The molecule has 3 aromatic heterocycles. The van der Waals surface area contributed by atoms with Crippen LogP contribution in [-0.4, -0.2) is 29.9 Å². The van der Waals surface area contributed by atoms with Gasteiger partial charge in [-0.15, -0.1) is 0 Å². The van der Waals surface area contributed by atoms with Gasteiger partial charge in [0.05, 0.1) is 28.4 Å². The van der Waals surface area contributed by atoms with E-state index in [1.54, 1.807) is 24.5 Å². The highest BCUT2D eigenvalue weighted by Crippen LogP contribution is 2.33. The minimum atomic E-state index is 0.243. The van der Waals surface area contributed by atoms with Crippen molar-refractivity contribution in [3.8, 4) is 28.7 Å². The molecule has 0 aliphatic carbocycles. The molecule has 7 nitrogen and oxygen atoms in total. The summed E-state index contributed by atoms with van der Waals surface area (Å²) in [6, 6.07) is 20.9. The van der Waals surface area contributed by atoms with Gasteiger partial charge in [-0.2, -0.15) is 9.99 Å². The van der Waals surface area contributed by atoms with E-state index in [0.29, 0.717) is 34.9 Å². The maximum Gasteiger partial charge on any atom is 0.150 e. The first-order valence-electron chi connectivity index (χ1n) is 11.0. The van der Waals surface area contributed by atoms with Crippen molar-refractivity contribution in [3.05, 3.63) is 95.7 Å². The summed E-state index contributed by atoms with van der Waals surface area (Å²) in [5.74, 6) is 0.721. The van der Waals surface area contributed by atoms with Crippen LogP contribution in [0.15, 0.2) is 73.1 Å². The first kappa shape index (κ1) is 21.3. The molecule has 0 amide bonds. The summed E-state index contributed by atoms with van der Waals surface area (Å²) in [5.41, 5.74) is 6.58. The molecule has 2 aromatic carbocycles. The van der Waals surface area contributed by atoms with Crippen LogP contribution in [0.4, 0.5) is 0 Å². The molecule has 166 valence electrons. The third-order valence-corrected chi connectivity index (χ3v) is 5.71. The Balaban J connectivity index is 1.67. The van der Waals surface area contributed by atoms with E-state index < -0.39 is 0 Å². The fourth-order valence-corrected chi connectivity index (χ4v) is 3.90. The molecule has 7 heteroatoms. The molecule has 1 N–H and O–H groups in total. The van der Waals surface area contributed by atoms with Crippen LogP contribution in [0.1, 0.15) is 42.4 Å². The van der Waals surface area contributed by atoms with Gasteiger partial charge in [0.1, 0.15) is 17.2 Å². The van der Waals surface area contributed by atoms with Gasteiger partial charge in [-0.05, 0) is 47.9 Å². The number of hydrogen-bond donors (Lipinski definition) is 1. The fourth-order valence-electron chi connectivity index (χ4n) is 3.90. The Morgan fingerprint density at radius 1 is 0.941 bits per heavy atom. The molecule has 34 heavy (non-hydrogen) atoms. The molecule has 0 fully saturated rings. The van der Waals surface area contributed by atoms with Gasteiger partial charge in [0, 0.05) is 30.1 Å². The van der Waals surface area contributed by atoms with E-state index in [-0.39, 0.29) is 5.92 Å². The predicted molar refractivity (Wildman–Crippen MR) is 129 cm³/mol. The molecule has 5 aromatic rings. The van der Waals surface area contributed by atoms with Gasteiger partial charge in [-0.1, -0.05) is 38.1 Å². The Labute approximate surface area is 197 Å². The average molecular weight is 447 g/mol. The van der Waals surface area contributed by atoms with Gasteiger partial charge >= 0.3 is 0 Å². The summed E-state index contributed by atoms with van der Waals surface area (Å²) in [4.78, 5) is 18.4. The number of benzene rings is 2. The molecule has 3 heterocycles. The zero-order valence-electron chi connectivity index (χ0n) is 18.8. The minimum absolute atomic E-state index is 0.243. The van der Waals surface area contributed by atoms with E-state index in [1.807, 2.05) is 48.5 Å². The monoisotopic (exact) mass is 446 g/mol. The van der Waals surface area contributed by atoms with Crippen molar-refractivity contribution in [2.75, 3.05) is 0 Å². The zero-order chi connectivity index (χ0) is 23.7. The highest BCUT2D eigenvalue weighted by Gasteiger charge is 2.22. The number of rotatable bonds is 5. The van der Waals surface area contributed by atoms with Crippen LogP contribution in [0.25, 0.3) is 33.7 Å². The van der Waals surface area contributed by atoms with Crippen LogP contribution in [0.3, 0.4) is 0 Å². The van der Waals surface area contributed by atoms with Gasteiger partial charge in [0.15, 0.2) is 0 Å². The lowest BCUT2D eigenvalue weighted by Crippen LogP contribution is -2.04. The number of hydrogen-bond acceptors (Lipinski definition) is 6. The summed E-state index contributed by atoms with van der Waals surface area (Å²) in [7, 11) is 0. The number of aromatic nitrogens is 5. The second-order valence-electron chi connectivity index (χ2n) is 8.38. The molecule has 0 spiro atoms. The van der Waals surface area contributed by atoms with E-state index in [1.165, 1.54) is 0 Å². The smallest absolute Gasteiger partial charge is 0.150 e. The molecule has 0 saturated carbocycles. The summed E-state index contributed by atoms with van der Waals surface area (Å²) in [6.07, 6.45) is 3.71. The number of fused-ring (bicyclic) bond motifs is 1. The lowest BCUT2D eigenvalue weighted by molar-refractivity contribution is 0.181. The van der Waals surface area contributed by atoms with Crippen molar-refractivity contribution in [3.63, 3.8) is 0 Å². The van der Waals surface area contributed by atoms with Crippen LogP contribution in [0.5, 0.6) is 0 Å². The first-order valence-corrected chi connectivity index (χ1v) is 11.0. The van der Waals surface area contributed by atoms with E-state index in [2.05, 4.69) is 29.9 Å². The van der Waals surface area contributed by atoms with Crippen LogP contribution in [0, 0.1) is 11.3 Å². The van der Waals surface area contributed by atoms with Gasteiger partial charge < -0.3 is 5.21 Å². The molecule has 0 aliphatic heterocycles. The lowest BCUT2D eigenvalue weighted by Gasteiger charge is -2.10. The topological polar surface area (TPSA) is 101 Å². The van der Waals surface area contributed by atoms with Crippen LogP contribution in [-0.2, 0) is 6.42 Å². The van der Waals surface area contributed by atoms with E-state index >= 15 is 0 Å². The molecule has 0 aliphatic rings. The maximum absolute atomic E-state index is 11.3. The number of imidazole rings is 1. The van der Waals surface area contributed by atoms with Crippen molar-refractivity contribution in [2.24, 2.45) is 0 Å². The second-order valence-corrected chi connectivity index (χ2v) is 8.38. The fraction of sp³-hybridized carbons (Fsp3) is 0.148. The Kier molecular flexibility index (Phi) is 5.48. The van der Waals surface area contributed by atoms with Gasteiger partial charge in [-0.3, -0.25) is 15.0 Å². The standard InChI is InChI=1S/C27H22N6O/c1-17(2)21-4-3-5-23(31-21)27-26(20-10-11-22-24(15-20)30-13-12-29-22)32-25(33(27)34)14-18-6-8-19(16-28)9-7-18/h3-13,15,17,34H,14H2,1-2H3. The molecule has 5 rings (SSSR count). The van der Waals surface area contributed by atoms with Crippen LogP contribution in [0.2, 0.25) is 0 Å². The molecule has 0 unspecified atom stereocenters. The van der Waals surface area contributed by atoms with Gasteiger partial charge in [-0.25, -0.2) is 4.98 Å². The van der Waals surface area contributed by atoms with Crippen molar-refractivity contribution in [2.45, 2.75) is 26.2 Å². The summed E-state index contributed by atoms with van der Waals surface area (Å²) in [6.45, 7) is 4.17. The van der Waals surface area contributed by atoms with Crippen molar-refractivity contribution in [1.82, 2.24) is 24.7 Å². The van der Waals surface area contributed by atoms with Crippen molar-refractivity contribution < 1.29 is 5.21 Å². The lowest BCUT2D eigenvalue weighted by atomic mass is 10.1. The SMILES string of the molecule is CC(C)c1cccc(-c2c(-c3ccc4nccnc4c3)nc(Cc3ccc(C#N)cc3)n2O)n1. The highest BCUT2D eigenvalue weighted by atomic mass is 16.5. The molecule has 0 saturated heterocycles. The largest absolute Gasteiger partial charge is 0.427 e.